The van der Waals surface area contributed by atoms with Gasteiger partial charge in [-0.25, -0.2) is 4.79 Å². The van der Waals surface area contributed by atoms with Crippen LogP contribution in [-0.2, 0) is 19.1 Å². The minimum atomic E-state index is -1.18. The summed E-state index contributed by atoms with van der Waals surface area (Å²) in [6.07, 6.45) is 0.920. The molecule has 0 aliphatic rings. The molecule has 0 aromatic rings. The molecule has 0 bridgehead atoms. The number of carbonyl (C=O) groups is 3. The molecule has 0 radical (unpaired) electrons. The summed E-state index contributed by atoms with van der Waals surface area (Å²) in [7, 11) is 1.52. The Balaban J connectivity index is 5.04. The molecule has 7 heteroatoms. The number of nitrogens with zero attached hydrogens (tertiary/aromatic N) is 1. The van der Waals surface area contributed by atoms with Crippen molar-refractivity contribution in [2.24, 2.45) is 11.8 Å². The standard InChI is InChI=1S/C19H36N2O5/c1-8-9-10-26-19(25)14(6)21(7)18(24)15(11-12(2)3)20-17(23)16(22)13(4)5/h12-16,22H,8-11H2,1-7H3,(H,20,23)/t14-,15-,16-/m0/s1. The lowest BCUT2D eigenvalue weighted by atomic mass is 10.0. The van der Waals surface area contributed by atoms with Gasteiger partial charge in [-0.15, -0.1) is 0 Å². The van der Waals surface area contributed by atoms with E-state index in [-0.39, 0.29) is 17.7 Å². The van der Waals surface area contributed by atoms with E-state index in [0.717, 1.165) is 12.8 Å². The molecule has 0 saturated carbocycles. The Kier molecular flexibility index (Phi) is 11.1. The lowest BCUT2D eigenvalue weighted by molar-refractivity contribution is -0.154. The van der Waals surface area contributed by atoms with Crippen LogP contribution in [0.15, 0.2) is 0 Å². The predicted octanol–water partition coefficient (Wildman–Crippen LogP) is 1.72. The van der Waals surface area contributed by atoms with E-state index in [1.165, 1.54) is 11.9 Å². The minimum absolute atomic E-state index is 0.153. The maximum absolute atomic E-state index is 12.8. The number of esters is 1. The van der Waals surface area contributed by atoms with E-state index in [1.54, 1.807) is 20.8 Å². The lowest BCUT2D eigenvalue weighted by Gasteiger charge is -2.30. The highest BCUT2D eigenvalue weighted by atomic mass is 16.5. The monoisotopic (exact) mass is 372 g/mol. The number of unbranched alkanes of at least 4 members (excludes halogenated alkanes) is 1. The molecule has 0 aliphatic carbocycles. The second kappa shape index (κ2) is 11.9. The number of hydrogen-bond donors (Lipinski definition) is 2. The molecule has 0 fully saturated rings. The van der Waals surface area contributed by atoms with Crippen LogP contribution in [0.1, 0.15) is 60.8 Å². The Morgan fingerprint density at radius 3 is 2.15 bits per heavy atom. The van der Waals surface area contributed by atoms with Gasteiger partial charge < -0.3 is 20.1 Å². The number of hydrogen-bond acceptors (Lipinski definition) is 5. The predicted molar refractivity (Wildman–Crippen MR) is 100 cm³/mol. The molecule has 3 atom stereocenters. The van der Waals surface area contributed by atoms with Crippen LogP contribution in [0, 0.1) is 11.8 Å². The Morgan fingerprint density at radius 2 is 1.69 bits per heavy atom. The van der Waals surface area contributed by atoms with Crippen molar-refractivity contribution in [3.63, 3.8) is 0 Å². The summed E-state index contributed by atoms with van der Waals surface area (Å²) in [6.45, 7) is 11.3. The molecule has 0 rings (SSSR count). The van der Waals surface area contributed by atoms with Gasteiger partial charge in [0, 0.05) is 7.05 Å². The second-order valence-electron chi connectivity index (χ2n) is 7.53. The number of amides is 2. The van der Waals surface area contributed by atoms with Crippen molar-refractivity contribution in [1.29, 1.82) is 0 Å². The van der Waals surface area contributed by atoms with Crippen LogP contribution in [0.5, 0.6) is 0 Å². The third-order valence-electron chi connectivity index (χ3n) is 4.23. The lowest BCUT2D eigenvalue weighted by Crippen LogP contribution is -2.54. The van der Waals surface area contributed by atoms with Gasteiger partial charge >= 0.3 is 5.97 Å². The number of carbonyl (C=O) groups excluding carboxylic acids is 3. The van der Waals surface area contributed by atoms with Gasteiger partial charge in [-0.2, -0.15) is 0 Å². The Hall–Kier alpha value is -1.63. The number of likely N-dealkylation sites (N-methyl/N-ethyl adjacent to an activating group) is 1. The van der Waals surface area contributed by atoms with Crippen molar-refractivity contribution < 1.29 is 24.2 Å². The fourth-order valence-electron chi connectivity index (χ4n) is 2.29. The normalized spacial score (nSPS) is 14.7. The van der Waals surface area contributed by atoms with Crippen molar-refractivity contribution in [1.82, 2.24) is 10.2 Å². The van der Waals surface area contributed by atoms with Crippen LogP contribution >= 0.6 is 0 Å². The molecule has 0 aromatic carbocycles. The summed E-state index contributed by atoms with van der Waals surface area (Å²) < 4.78 is 5.17. The van der Waals surface area contributed by atoms with Crippen molar-refractivity contribution in [3.05, 3.63) is 0 Å². The van der Waals surface area contributed by atoms with E-state index < -0.39 is 30.1 Å². The topological polar surface area (TPSA) is 95.9 Å². The first-order chi connectivity index (χ1) is 12.0. The zero-order chi connectivity index (χ0) is 20.4. The largest absolute Gasteiger partial charge is 0.464 e. The number of aliphatic hydroxyl groups is 1. The molecule has 2 amide bonds. The third-order valence-corrected chi connectivity index (χ3v) is 4.23. The minimum Gasteiger partial charge on any atom is -0.464 e. The first-order valence-electron chi connectivity index (χ1n) is 9.44. The average molecular weight is 373 g/mol. The number of ether oxygens (including phenoxy) is 1. The molecular formula is C19H36N2O5. The van der Waals surface area contributed by atoms with E-state index in [4.69, 9.17) is 4.74 Å². The summed E-state index contributed by atoms with van der Waals surface area (Å²) in [4.78, 5) is 38.3. The van der Waals surface area contributed by atoms with Gasteiger partial charge in [-0.05, 0) is 31.6 Å². The molecule has 0 saturated heterocycles. The van der Waals surface area contributed by atoms with Crippen molar-refractivity contribution in [3.8, 4) is 0 Å². The number of rotatable bonds is 11. The maximum Gasteiger partial charge on any atom is 0.328 e. The quantitative estimate of drug-likeness (QED) is 0.425. The molecule has 0 unspecified atom stereocenters. The van der Waals surface area contributed by atoms with E-state index in [2.05, 4.69) is 5.32 Å². The van der Waals surface area contributed by atoms with Crippen LogP contribution < -0.4 is 5.32 Å². The molecule has 26 heavy (non-hydrogen) atoms. The van der Waals surface area contributed by atoms with Crippen LogP contribution in [0.25, 0.3) is 0 Å². The van der Waals surface area contributed by atoms with Crippen LogP contribution in [-0.4, -0.2) is 59.6 Å². The molecule has 2 N–H and O–H groups in total. The summed E-state index contributed by atoms with van der Waals surface area (Å²) in [5, 5.41) is 12.5. The summed E-state index contributed by atoms with van der Waals surface area (Å²) in [5.41, 5.74) is 0. The van der Waals surface area contributed by atoms with E-state index in [0.29, 0.717) is 13.0 Å². The molecule has 0 aromatic heterocycles. The average Bonchev–Trinajstić information content (AvgIpc) is 2.57. The summed E-state index contributed by atoms with van der Waals surface area (Å²) >= 11 is 0. The van der Waals surface area contributed by atoms with Gasteiger partial charge in [0.2, 0.25) is 11.8 Å². The van der Waals surface area contributed by atoms with Crippen molar-refractivity contribution in [2.45, 2.75) is 79.0 Å². The van der Waals surface area contributed by atoms with Gasteiger partial charge in [-0.1, -0.05) is 41.0 Å². The second-order valence-corrected chi connectivity index (χ2v) is 7.53. The SMILES string of the molecule is CCCCOC(=O)[C@H](C)N(C)C(=O)[C@H](CC(C)C)NC(=O)[C@@H](O)C(C)C. The highest BCUT2D eigenvalue weighted by molar-refractivity contribution is 5.91. The molecule has 0 heterocycles. The first kappa shape index (κ1) is 24.4. The summed E-state index contributed by atoms with van der Waals surface area (Å²) in [6, 6.07) is -1.55. The van der Waals surface area contributed by atoms with Crippen LogP contribution in [0.2, 0.25) is 0 Å². The van der Waals surface area contributed by atoms with Gasteiger partial charge in [0.1, 0.15) is 18.2 Å². The maximum atomic E-state index is 12.8. The van der Waals surface area contributed by atoms with Gasteiger partial charge in [0.25, 0.3) is 0 Å². The summed E-state index contributed by atoms with van der Waals surface area (Å²) in [5.74, 6) is -1.52. The molecule has 0 spiro atoms. The van der Waals surface area contributed by atoms with Gasteiger partial charge in [0.05, 0.1) is 6.61 Å². The van der Waals surface area contributed by atoms with Gasteiger partial charge in [-0.3, -0.25) is 9.59 Å². The number of aliphatic hydroxyl groups excluding tert-OH is 1. The molecule has 152 valence electrons. The first-order valence-corrected chi connectivity index (χ1v) is 9.44. The Labute approximate surface area is 157 Å². The fourth-order valence-corrected chi connectivity index (χ4v) is 2.29. The zero-order valence-corrected chi connectivity index (χ0v) is 17.2. The highest BCUT2D eigenvalue weighted by Crippen LogP contribution is 2.12. The highest BCUT2D eigenvalue weighted by Gasteiger charge is 2.32. The zero-order valence-electron chi connectivity index (χ0n) is 17.2. The smallest absolute Gasteiger partial charge is 0.328 e. The number of nitrogens with one attached hydrogen (secondary N) is 1. The van der Waals surface area contributed by atoms with E-state index in [1.807, 2.05) is 20.8 Å². The molecular weight excluding hydrogens is 336 g/mol. The van der Waals surface area contributed by atoms with E-state index >= 15 is 0 Å². The van der Waals surface area contributed by atoms with Crippen molar-refractivity contribution in [2.75, 3.05) is 13.7 Å². The van der Waals surface area contributed by atoms with Gasteiger partial charge in [0.15, 0.2) is 0 Å². The fraction of sp³-hybridized carbons (Fsp3) is 0.842. The molecule has 0 aliphatic heterocycles. The molecule has 7 nitrogen and oxygen atoms in total. The van der Waals surface area contributed by atoms with Crippen molar-refractivity contribution >= 4 is 17.8 Å². The van der Waals surface area contributed by atoms with E-state index in [9.17, 15) is 19.5 Å². The van der Waals surface area contributed by atoms with Crippen LogP contribution in [0.3, 0.4) is 0 Å². The Morgan fingerprint density at radius 1 is 1.12 bits per heavy atom. The third kappa shape index (κ3) is 8.17. The Bertz CT molecular complexity index is 465. The van der Waals surface area contributed by atoms with Crippen LogP contribution in [0.4, 0.5) is 0 Å².